The van der Waals surface area contributed by atoms with E-state index in [0.29, 0.717) is 0 Å². The highest BCUT2D eigenvalue weighted by molar-refractivity contribution is 9.10. The van der Waals surface area contributed by atoms with Crippen molar-refractivity contribution in [2.45, 2.75) is 18.9 Å². The lowest BCUT2D eigenvalue weighted by atomic mass is 10.0. The van der Waals surface area contributed by atoms with Gasteiger partial charge in [0.15, 0.2) is 0 Å². The van der Waals surface area contributed by atoms with Crippen molar-refractivity contribution >= 4 is 15.9 Å². The number of hydrogen-bond acceptors (Lipinski definition) is 1. The summed E-state index contributed by atoms with van der Waals surface area (Å²) in [5, 5.41) is 0. The van der Waals surface area contributed by atoms with Crippen LogP contribution >= 0.6 is 15.9 Å². The van der Waals surface area contributed by atoms with E-state index in [9.17, 15) is 0 Å². The van der Waals surface area contributed by atoms with Gasteiger partial charge in [-0.1, -0.05) is 58.4 Å². The highest BCUT2D eigenvalue weighted by Gasteiger charge is 2.09. The van der Waals surface area contributed by atoms with Crippen LogP contribution in [0.1, 0.15) is 11.1 Å². The average Bonchev–Trinajstić information content (AvgIpc) is 2.39. The van der Waals surface area contributed by atoms with Crippen molar-refractivity contribution < 1.29 is 4.74 Å². The third-order valence-corrected chi connectivity index (χ3v) is 3.49. The molecule has 1 nitrogen and oxygen atoms in total. The minimum Gasteiger partial charge on any atom is -0.381 e. The smallest absolute Gasteiger partial charge is 0.0651 e. The predicted octanol–water partition coefficient (Wildman–Crippen LogP) is 4.25. The van der Waals surface area contributed by atoms with Gasteiger partial charge in [0.25, 0.3) is 0 Å². The van der Waals surface area contributed by atoms with Gasteiger partial charge in [-0.3, -0.25) is 0 Å². The molecule has 0 heterocycles. The Morgan fingerprint density at radius 1 is 0.944 bits per heavy atom. The molecule has 0 aliphatic heterocycles. The zero-order chi connectivity index (χ0) is 12.8. The second kappa shape index (κ2) is 6.72. The maximum absolute atomic E-state index is 5.58. The minimum absolute atomic E-state index is 0.224. The molecule has 0 N–H and O–H groups in total. The van der Waals surface area contributed by atoms with Gasteiger partial charge < -0.3 is 4.74 Å². The molecular weight excluding hydrogens is 288 g/mol. The maximum Gasteiger partial charge on any atom is 0.0651 e. The molecule has 2 aromatic carbocycles. The van der Waals surface area contributed by atoms with E-state index >= 15 is 0 Å². The fraction of sp³-hybridized carbons (Fsp3) is 0.250. The molecule has 0 aliphatic carbocycles. The van der Waals surface area contributed by atoms with Crippen LogP contribution in [0.2, 0.25) is 0 Å². The molecule has 0 spiro atoms. The van der Waals surface area contributed by atoms with Crippen LogP contribution in [0.3, 0.4) is 0 Å². The summed E-state index contributed by atoms with van der Waals surface area (Å²) in [7, 11) is 1.78. The molecule has 0 aliphatic rings. The number of halogens is 1. The quantitative estimate of drug-likeness (QED) is 0.802. The number of rotatable bonds is 5. The summed E-state index contributed by atoms with van der Waals surface area (Å²) >= 11 is 3.50. The van der Waals surface area contributed by atoms with Crippen LogP contribution in [-0.2, 0) is 17.6 Å². The summed E-state index contributed by atoms with van der Waals surface area (Å²) in [5.41, 5.74) is 2.62. The number of benzene rings is 2. The number of ether oxygens (including phenoxy) is 1. The van der Waals surface area contributed by atoms with Crippen molar-refractivity contribution in [3.8, 4) is 0 Å². The maximum atomic E-state index is 5.58. The molecule has 0 saturated carbocycles. The SMILES string of the molecule is CO[C@@H](Cc1ccccc1)Cc1cccc(Br)c1. The highest BCUT2D eigenvalue weighted by Crippen LogP contribution is 2.16. The standard InChI is InChI=1S/C16H17BrO/c1-18-16(11-13-6-3-2-4-7-13)12-14-8-5-9-15(17)10-14/h2-10,16H,11-12H2,1H3/t16-/m0/s1. The van der Waals surface area contributed by atoms with Crippen LogP contribution in [0.5, 0.6) is 0 Å². The van der Waals surface area contributed by atoms with Crippen LogP contribution in [0.25, 0.3) is 0 Å². The second-order valence-corrected chi connectivity index (χ2v) is 5.30. The first kappa shape index (κ1) is 13.3. The Morgan fingerprint density at radius 3 is 2.28 bits per heavy atom. The highest BCUT2D eigenvalue weighted by atomic mass is 79.9. The van der Waals surface area contributed by atoms with Gasteiger partial charge >= 0.3 is 0 Å². The monoisotopic (exact) mass is 304 g/mol. The van der Waals surface area contributed by atoms with Crippen LogP contribution in [-0.4, -0.2) is 13.2 Å². The molecule has 0 amide bonds. The molecule has 1 atom stereocenters. The molecule has 0 radical (unpaired) electrons. The van der Waals surface area contributed by atoms with Gasteiger partial charge in [-0.05, 0) is 36.1 Å². The topological polar surface area (TPSA) is 9.23 Å². The third kappa shape index (κ3) is 3.97. The van der Waals surface area contributed by atoms with Crippen molar-refractivity contribution in [1.29, 1.82) is 0 Å². The molecule has 0 saturated heterocycles. The Labute approximate surface area is 117 Å². The summed E-state index contributed by atoms with van der Waals surface area (Å²) < 4.78 is 6.70. The third-order valence-electron chi connectivity index (χ3n) is 2.99. The molecular formula is C16H17BrO. The number of methoxy groups -OCH3 is 1. The Morgan fingerprint density at radius 2 is 1.61 bits per heavy atom. The largest absolute Gasteiger partial charge is 0.381 e. The molecule has 2 heteroatoms. The van der Waals surface area contributed by atoms with Crippen molar-refractivity contribution in [3.05, 3.63) is 70.2 Å². The molecule has 0 bridgehead atoms. The molecule has 2 aromatic rings. The zero-order valence-corrected chi connectivity index (χ0v) is 12.1. The van der Waals surface area contributed by atoms with E-state index in [-0.39, 0.29) is 6.10 Å². The van der Waals surface area contributed by atoms with Crippen LogP contribution in [0.4, 0.5) is 0 Å². The normalized spacial score (nSPS) is 12.3. The van der Waals surface area contributed by atoms with Gasteiger partial charge in [-0.2, -0.15) is 0 Å². The van der Waals surface area contributed by atoms with Crippen molar-refractivity contribution in [2.24, 2.45) is 0 Å². The van der Waals surface area contributed by atoms with E-state index in [1.54, 1.807) is 7.11 Å². The Balaban J connectivity index is 2.01. The Bertz CT molecular complexity index is 481. The molecule has 94 valence electrons. The summed E-state index contributed by atoms with van der Waals surface area (Å²) in [4.78, 5) is 0. The molecule has 0 aromatic heterocycles. The fourth-order valence-electron chi connectivity index (χ4n) is 2.04. The van der Waals surface area contributed by atoms with E-state index in [1.807, 2.05) is 12.1 Å². The molecule has 2 rings (SSSR count). The molecule has 18 heavy (non-hydrogen) atoms. The summed E-state index contributed by atoms with van der Waals surface area (Å²) in [6.07, 6.45) is 2.11. The summed E-state index contributed by atoms with van der Waals surface area (Å²) in [6, 6.07) is 18.9. The Kier molecular flexibility index (Phi) is 4.97. The van der Waals surface area contributed by atoms with Crippen molar-refractivity contribution in [3.63, 3.8) is 0 Å². The second-order valence-electron chi connectivity index (χ2n) is 4.38. The lowest BCUT2D eigenvalue weighted by Gasteiger charge is -2.15. The van der Waals surface area contributed by atoms with Gasteiger partial charge in [0.2, 0.25) is 0 Å². The minimum atomic E-state index is 0.224. The van der Waals surface area contributed by atoms with Gasteiger partial charge in [0.1, 0.15) is 0 Å². The zero-order valence-electron chi connectivity index (χ0n) is 10.5. The first-order valence-electron chi connectivity index (χ1n) is 6.09. The lowest BCUT2D eigenvalue weighted by Crippen LogP contribution is -2.17. The van der Waals surface area contributed by atoms with Crippen LogP contribution in [0, 0.1) is 0 Å². The van der Waals surface area contributed by atoms with Crippen molar-refractivity contribution in [2.75, 3.05) is 7.11 Å². The average molecular weight is 305 g/mol. The van der Waals surface area contributed by atoms with Gasteiger partial charge in [0, 0.05) is 11.6 Å². The van der Waals surface area contributed by atoms with Gasteiger partial charge in [-0.25, -0.2) is 0 Å². The lowest BCUT2D eigenvalue weighted by molar-refractivity contribution is 0.103. The van der Waals surface area contributed by atoms with E-state index in [1.165, 1.54) is 11.1 Å². The van der Waals surface area contributed by atoms with Crippen LogP contribution in [0.15, 0.2) is 59.1 Å². The Hall–Kier alpha value is -1.12. The van der Waals surface area contributed by atoms with Crippen molar-refractivity contribution in [1.82, 2.24) is 0 Å². The van der Waals surface area contributed by atoms with E-state index in [2.05, 4.69) is 58.4 Å². The molecule has 0 fully saturated rings. The van der Waals surface area contributed by atoms with E-state index < -0.39 is 0 Å². The molecule has 0 unspecified atom stereocenters. The van der Waals surface area contributed by atoms with E-state index in [4.69, 9.17) is 4.74 Å². The van der Waals surface area contributed by atoms with Crippen LogP contribution < -0.4 is 0 Å². The predicted molar refractivity (Wildman–Crippen MR) is 78.8 cm³/mol. The summed E-state index contributed by atoms with van der Waals surface area (Å²) in [5.74, 6) is 0. The fourth-order valence-corrected chi connectivity index (χ4v) is 2.49. The van der Waals surface area contributed by atoms with Gasteiger partial charge in [0.05, 0.1) is 6.10 Å². The van der Waals surface area contributed by atoms with Gasteiger partial charge in [-0.15, -0.1) is 0 Å². The number of hydrogen-bond donors (Lipinski definition) is 0. The summed E-state index contributed by atoms with van der Waals surface area (Å²) in [6.45, 7) is 0. The first-order valence-corrected chi connectivity index (χ1v) is 6.88. The van der Waals surface area contributed by atoms with E-state index in [0.717, 1.165) is 17.3 Å². The first-order chi connectivity index (χ1) is 8.78.